The quantitative estimate of drug-likeness (QED) is 0.688. The van der Waals surface area contributed by atoms with Crippen LogP contribution in [0.5, 0.6) is 17.2 Å². The Labute approximate surface area is 167 Å². The number of ether oxygens (including phenoxy) is 3. The Morgan fingerprint density at radius 2 is 1.50 bits per heavy atom. The fourth-order valence-electron chi connectivity index (χ4n) is 3.29. The Kier molecular flexibility index (Phi) is 6.76. The van der Waals surface area contributed by atoms with Crippen molar-refractivity contribution in [3.8, 4) is 17.2 Å². The van der Waals surface area contributed by atoms with E-state index in [1.165, 1.54) is 11.1 Å². The summed E-state index contributed by atoms with van der Waals surface area (Å²) in [5, 5.41) is 6.75. The molecule has 0 radical (unpaired) electrons. The standard InChI is InChI=1S/C22H29N3O3/c1-17-5-7-18(8-6-17)16-24-9-11-25(12-10-24)23-15-19-13-20(26-2)22(28-4)21(14-19)27-3/h5-8,13-15H,9-12,16H2,1-4H3/b23-15-. The van der Waals surface area contributed by atoms with Crippen LogP contribution in [0.1, 0.15) is 16.7 Å². The fourth-order valence-corrected chi connectivity index (χ4v) is 3.29. The van der Waals surface area contributed by atoms with Gasteiger partial charge in [0.2, 0.25) is 5.75 Å². The molecule has 0 unspecified atom stereocenters. The van der Waals surface area contributed by atoms with Crippen LogP contribution < -0.4 is 14.2 Å². The fraction of sp³-hybridized carbons (Fsp3) is 0.409. The molecule has 0 atom stereocenters. The first-order valence-electron chi connectivity index (χ1n) is 9.49. The summed E-state index contributed by atoms with van der Waals surface area (Å²) in [7, 11) is 4.83. The summed E-state index contributed by atoms with van der Waals surface area (Å²) in [6.07, 6.45) is 1.85. The minimum absolute atomic E-state index is 0.590. The van der Waals surface area contributed by atoms with E-state index in [4.69, 9.17) is 14.2 Å². The van der Waals surface area contributed by atoms with Crippen LogP contribution in [-0.2, 0) is 6.54 Å². The van der Waals surface area contributed by atoms with Gasteiger partial charge in [-0.3, -0.25) is 9.91 Å². The van der Waals surface area contributed by atoms with Gasteiger partial charge in [-0.05, 0) is 24.6 Å². The summed E-state index contributed by atoms with van der Waals surface area (Å²) in [6.45, 7) is 6.93. The second-order valence-electron chi connectivity index (χ2n) is 6.92. The summed E-state index contributed by atoms with van der Waals surface area (Å²) in [5.74, 6) is 1.85. The van der Waals surface area contributed by atoms with E-state index in [1.54, 1.807) is 21.3 Å². The van der Waals surface area contributed by atoms with Gasteiger partial charge in [0.05, 0.1) is 27.5 Å². The molecule has 0 bridgehead atoms. The van der Waals surface area contributed by atoms with Crippen LogP contribution in [0.15, 0.2) is 41.5 Å². The number of rotatable bonds is 7. The molecule has 6 nitrogen and oxygen atoms in total. The molecule has 150 valence electrons. The second kappa shape index (κ2) is 9.46. The molecule has 6 heteroatoms. The summed E-state index contributed by atoms with van der Waals surface area (Å²) in [4.78, 5) is 2.47. The van der Waals surface area contributed by atoms with Crippen molar-refractivity contribution < 1.29 is 14.2 Å². The van der Waals surface area contributed by atoms with Crippen LogP contribution in [0.3, 0.4) is 0 Å². The molecular formula is C22H29N3O3. The molecule has 2 aromatic carbocycles. The van der Waals surface area contributed by atoms with Crippen LogP contribution in [0.25, 0.3) is 0 Å². The normalized spacial score (nSPS) is 15.1. The topological polar surface area (TPSA) is 46.5 Å². The van der Waals surface area contributed by atoms with Gasteiger partial charge in [0, 0.05) is 38.3 Å². The lowest BCUT2D eigenvalue weighted by atomic mass is 10.1. The van der Waals surface area contributed by atoms with Gasteiger partial charge in [0.15, 0.2) is 11.5 Å². The molecule has 0 aliphatic carbocycles. The molecule has 0 saturated carbocycles. The summed E-state index contributed by atoms with van der Waals surface area (Å²) >= 11 is 0. The highest BCUT2D eigenvalue weighted by Crippen LogP contribution is 2.37. The van der Waals surface area contributed by atoms with E-state index in [2.05, 4.69) is 46.2 Å². The van der Waals surface area contributed by atoms with E-state index >= 15 is 0 Å². The van der Waals surface area contributed by atoms with Gasteiger partial charge in [0.1, 0.15) is 0 Å². The van der Waals surface area contributed by atoms with Crippen LogP contribution >= 0.6 is 0 Å². The van der Waals surface area contributed by atoms with Crippen molar-refractivity contribution in [2.75, 3.05) is 47.5 Å². The van der Waals surface area contributed by atoms with Crippen LogP contribution in [-0.4, -0.2) is 63.6 Å². The lowest BCUT2D eigenvalue weighted by Crippen LogP contribution is -2.43. The summed E-state index contributed by atoms with van der Waals surface area (Å²) < 4.78 is 16.2. The Bertz CT molecular complexity index is 772. The van der Waals surface area contributed by atoms with Crippen molar-refractivity contribution in [3.63, 3.8) is 0 Å². The van der Waals surface area contributed by atoms with Crippen molar-refractivity contribution in [1.29, 1.82) is 0 Å². The Morgan fingerprint density at radius 3 is 2.04 bits per heavy atom. The SMILES string of the molecule is COc1cc(/C=N\N2CCN(Cc3ccc(C)cc3)CC2)cc(OC)c1OC. The Hall–Kier alpha value is -2.73. The van der Waals surface area contributed by atoms with E-state index in [0.717, 1.165) is 38.3 Å². The number of piperazine rings is 1. The highest BCUT2D eigenvalue weighted by atomic mass is 16.5. The van der Waals surface area contributed by atoms with Gasteiger partial charge in [-0.15, -0.1) is 0 Å². The third-order valence-electron chi connectivity index (χ3n) is 4.93. The number of nitrogens with zero attached hydrogens (tertiary/aromatic N) is 3. The largest absolute Gasteiger partial charge is 0.493 e. The molecule has 0 N–H and O–H groups in total. The average Bonchev–Trinajstić information content (AvgIpc) is 2.74. The molecule has 1 fully saturated rings. The van der Waals surface area contributed by atoms with Crippen molar-refractivity contribution in [3.05, 3.63) is 53.1 Å². The van der Waals surface area contributed by atoms with Crippen LogP contribution in [0, 0.1) is 6.92 Å². The number of hydrogen-bond acceptors (Lipinski definition) is 6. The summed E-state index contributed by atoms with van der Waals surface area (Å²) in [5.41, 5.74) is 3.58. The van der Waals surface area contributed by atoms with Gasteiger partial charge in [-0.2, -0.15) is 5.10 Å². The smallest absolute Gasteiger partial charge is 0.203 e. The van der Waals surface area contributed by atoms with E-state index in [9.17, 15) is 0 Å². The van der Waals surface area contributed by atoms with Crippen molar-refractivity contribution in [1.82, 2.24) is 9.91 Å². The first kappa shape index (κ1) is 20.0. The van der Waals surface area contributed by atoms with E-state index in [-0.39, 0.29) is 0 Å². The zero-order valence-electron chi connectivity index (χ0n) is 17.1. The highest BCUT2D eigenvalue weighted by molar-refractivity contribution is 5.82. The monoisotopic (exact) mass is 383 g/mol. The molecular weight excluding hydrogens is 354 g/mol. The Balaban J connectivity index is 1.58. The van der Waals surface area contributed by atoms with Crippen molar-refractivity contribution in [2.24, 2.45) is 5.10 Å². The van der Waals surface area contributed by atoms with Crippen molar-refractivity contribution in [2.45, 2.75) is 13.5 Å². The number of aryl methyl sites for hydroxylation is 1. The number of hydrazone groups is 1. The molecule has 1 heterocycles. The van der Waals surface area contributed by atoms with Gasteiger partial charge >= 0.3 is 0 Å². The van der Waals surface area contributed by atoms with Gasteiger partial charge in [-0.25, -0.2) is 0 Å². The molecule has 1 aliphatic heterocycles. The highest BCUT2D eigenvalue weighted by Gasteiger charge is 2.16. The van der Waals surface area contributed by atoms with E-state index in [1.807, 2.05) is 18.3 Å². The second-order valence-corrected chi connectivity index (χ2v) is 6.92. The maximum atomic E-state index is 5.40. The Morgan fingerprint density at radius 1 is 0.893 bits per heavy atom. The molecule has 1 saturated heterocycles. The predicted molar refractivity (Wildman–Crippen MR) is 112 cm³/mol. The molecule has 2 aromatic rings. The molecule has 1 aliphatic rings. The predicted octanol–water partition coefficient (Wildman–Crippen LogP) is 3.17. The minimum atomic E-state index is 0.590. The zero-order valence-corrected chi connectivity index (χ0v) is 17.1. The third kappa shape index (κ3) is 4.95. The maximum absolute atomic E-state index is 5.40. The molecule has 3 rings (SSSR count). The maximum Gasteiger partial charge on any atom is 0.203 e. The number of benzene rings is 2. The third-order valence-corrected chi connectivity index (χ3v) is 4.93. The first-order valence-corrected chi connectivity index (χ1v) is 9.49. The van der Waals surface area contributed by atoms with Crippen molar-refractivity contribution >= 4 is 6.21 Å². The number of methoxy groups -OCH3 is 3. The van der Waals surface area contributed by atoms with E-state index < -0.39 is 0 Å². The van der Waals surface area contributed by atoms with Gasteiger partial charge in [0.25, 0.3) is 0 Å². The molecule has 0 spiro atoms. The summed E-state index contributed by atoms with van der Waals surface area (Å²) in [6, 6.07) is 12.6. The molecule has 0 aromatic heterocycles. The number of hydrogen-bond donors (Lipinski definition) is 0. The van der Waals surface area contributed by atoms with E-state index in [0.29, 0.717) is 17.2 Å². The molecule has 0 amide bonds. The van der Waals surface area contributed by atoms with Gasteiger partial charge in [-0.1, -0.05) is 29.8 Å². The minimum Gasteiger partial charge on any atom is -0.493 e. The average molecular weight is 383 g/mol. The zero-order chi connectivity index (χ0) is 19.9. The van der Waals surface area contributed by atoms with Crippen LogP contribution in [0.2, 0.25) is 0 Å². The van der Waals surface area contributed by atoms with Crippen LogP contribution in [0.4, 0.5) is 0 Å². The lowest BCUT2D eigenvalue weighted by Gasteiger charge is -2.33. The molecule has 28 heavy (non-hydrogen) atoms. The van der Waals surface area contributed by atoms with Gasteiger partial charge < -0.3 is 14.2 Å². The lowest BCUT2D eigenvalue weighted by molar-refractivity contribution is 0.131. The first-order chi connectivity index (χ1) is 13.6.